The van der Waals surface area contributed by atoms with Gasteiger partial charge in [-0.25, -0.2) is 0 Å². The minimum atomic E-state index is 0.989. The number of hydrogen-bond donors (Lipinski definition) is 0. The van der Waals surface area contributed by atoms with E-state index in [4.69, 9.17) is 0 Å². The van der Waals surface area contributed by atoms with Crippen LogP contribution in [0.2, 0.25) is 0 Å². The lowest BCUT2D eigenvalue weighted by atomic mass is 10.0. The monoisotopic (exact) mass is 174 g/mol. The van der Waals surface area contributed by atoms with E-state index in [1.807, 2.05) is 19.2 Å². The molecule has 0 saturated heterocycles. The maximum absolute atomic E-state index is 4.51. The molecule has 2 nitrogen and oxygen atoms in total. The molecule has 0 amide bonds. The molecule has 0 aromatic carbocycles. The summed E-state index contributed by atoms with van der Waals surface area (Å²) in [4.78, 5) is 8.78. The summed E-state index contributed by atoms with van der Waals surface area (Å²) < 4.78 is 0. The molecule has 2 rings (SSSR count). The maximum Gasteiger partial charge on any atom is 0.0436 e. The summed E-state index contributed by atoms with van der Waals surface area (Å²) in [7, 11) is 0. The Morgan fingerprint density at radius 2 is 2.15 bits per heavy atom. The summed E-state index contributed by atoms with van der Waals surface area (Å²) in [5.41, 5.74) is 3.50. The molecule has 0 saturated carbocycles. The van der Waals surface area contributed by atoms with E-state index in [0.29, 0.717) is 0 Å². The summed E-state index contributed by atoms with van der Waals surface area (Å²) in [6.45, 7) is 3.00. The van der Waals surface area contributed by atoms with Crippen molar-refractivity contribution in [1.29, 1.82) is 0 Å². The first-order valence-corrected chi connectivity index (χ1v) is 4.82. The van der Waals surface area contributed by atoms with Crippen LogP contribution in [0.1, 0.15) is 30.5 Å². The summed E-state index contributed by atoms with van der Waals surface area (Å²) in [6.07, 6.45) is 5.56. The van der Waals surface area contributed by atoms with Crippen LogP contribution < -0.4 is 0 Å². The molecule has 0 atom stereocenters. The van der Waals surface area contributed by atoms with Gasteiger partial charge in [0.2, 0.25) is 0 Å². The molecule has 1 aromatic rings. The van der Waals surface area contributed by atoms with Crippen molar-refractivity contribution in [3.05, 3.63) is 29.6 Å². The highest BCUT2D eigenvalue weighted by molar-refractivity contribution is 6.00. The van der Waals surface area contributed by atoms with Crippen molar-refractivity contribution in [2.75, 3.05) is 6.54 Å². The Morgan fingerprint density at radius 1 is 1.23 bits per heavy atom. The van der Waals surface area contributed by atoms with Gasteiger partial charge >= 0.3 is 0 Å². The Morgan fingerprint density at radius 3 is 2.77 bits per heavy atom. The molecule has 0 radical (unpaired) electrons. The second-order valence-corrected chi connectivity index (χ2v) is 3.47. The second-order valence-electron chi connectivity index (χ2n) is 3.47. The highest BCUT2D eigenvalue weighted by atomic mass is 14.8. The van der Waals surface area contributed by atoms with Crippen molar-refractivity contribution >= 4 is 5.71 Å². The van der Waals surface area contributed by atoms with Crippen molar-refractivity contribution in [3.8, 4) is 0 Å². The quantitative estimate of drug-likeness (QED) is 0.641. The lowest BCUT2D eigenvalue weighted by Crippen LogP contribution is -2.07. The molecule has 2 heterocycles. The van der Waals surface area contributed by atoms with Crippen LogP contribution in [-0.4, -0.2) is 17.2 Å². The van der Waals surface area contributed by atoms with Gasteiger partial charge in [0.25, 0.3) is 0 Å². The fourth-order valence-electron chi connectivity index (χ4n) is 1.57. The third-order valence-electron chi connectivity index (χ3n) is 2.37. The Labute approximate surface area is 78.7 Å². The Kier molecular flexibility index (Phi) is 2.39. The van der Waals surface area contributed by atoms with Gasteiger partial charge in [-0.2, -0.15) is 0 Å². The molecule has 0 unspecified atom stereocenters. The highest BCUT2D eigenvalue weighted by Crippen LogP contribution is 2.12. The zero-order valence-electron chi connectivity index (χ0n) is 7.95. The summed E-state index contributed by atoms with van der Waals surface area (Å²) in [6, 6.07) is 4.17. The van der Waals surface area contributed by atoms with E-state index in [1.165, 1.54) is 24.1 Å². The molecule has 1 aromatic heterocycles. The number of aliphatic imine (C=N–C) groups is 1. The molecule has 2 heteroatoms. The third kappa shape index (κ3) is 1.94. The molecular formula is C11H14N2. The summed E-state index contributed by atoms with van der Waals surface area (Å²) in [5.74, 6) is 0. The standard InChI is InChI=1S/C11H14N2/c1-9-5-6-10(8-13-9)11-4-2-3-7-12-11/h5-6,8H,2-4,7H2,1H3. The molecular weight excluding hydrogens is 160 g/mol. The van der Waals surface area contributed by atoms with Crippen LogP contribution in [0.15, 0.2) is 23.3 Å². The van der Waals surface area contributed by atoms with Gasteiger partial charge in [-0.05, 0) is 38.3 Å². The predicted octanol–water partition coefficient (Wildman–Crippen LogP) is 2.36. The minimum Gasteiger partial charge on any atom is -0.289 e. The van der Waals surface area contributed by atoms with Gasteiger partial charge in [0.15, 0.2) is 0 Å². The summed E-state index contributed by atoms with van der Waals surface area (Å²) in [5, 5.41) is 0. The highest BCUT2D eigenvalue weighted by Gasteiger charge is 2.07. The number of aryl methyl sites for hydroxylation is 1. The van der Waals surface area contributed by atoms with E-state index in [9.17, 15) is 0 Å². The number of rotatable bonds is 1. The van der Waals surface area contributed by atoms with Crippen LogP contribution in [-0.2, 0) is 0 Å². The van der Waals surface area contributed by atoms with Crippen molar-refractivity contribution in [2.24, 2.45) is 4.99 Å². The van der Waals surface area contributed by atoms with Gasteiger partial charge < -0.3 is 0 Å². The molecule has 0 spiro atoms. The van der Waals surface area contributed by atoms with Crippen LogP contribution in [0.5, 0.6) is 0 Å². The third-order valence-corrected chi connectivity index (χ3v) is 2.37. The molecule has 1 aliphatic heterocycles. The molecule has 1 aliphatic rings. The van der Waals surface area contributed by atoms with Crippen LogP contribution in [0, 0.1) is 6.92 Å². The zero-order chi connectivity index (χ0) is 9.10. The minimum absolute atomic E-state index is 0.989. The zero-order valence-corrected chi connectivity index (χ0v) is 7.95. The van der Waals surface area contributed by atoms with Crippen LogP contribution in [0.4, 0.5) is 0 Å². The van der Waals surface area contributed by atoms with E-state index in [1.54, 1.807) is 0 Å². The van der Waals surface area contributed by atoms with Gasteiger partial charge in [-0.1, -0.05) is 0 Å². The van der Waals surface area contributed by atoms with E-state index in [2.05, 4.69) is 16.0 Å². The Bertz CT molecular complexity index is 311. The molecule has 0 aliphatic carbocycles. The predicted molar refractivity (Wildman–Crippen MR) is 54.2 cm³/mol. The van der Waals surface area contributed by atoms with Crippen molar-refractivity contribution < 1.29 is 0 Å². The van der Waals surface area contributed by atoms with Gasteiger partial charge in [0.05, 0.1) is 0 Å². The van der Waals surface area contributed by atoms with Crippen molar-refractivity contribution in [3.63, 3.8) is 0 Å². The van der Waals surface area contributed by atoms with Crippen molar-refractivity contribution in [1.82, 2.24) is 4.98 Å². The van der Waals surface area contributed by atoms with Gasteiger partial charge in [0.1, 0.15) is 0 Å². The van der Waals surface area contributed by atoms with Gasteiger partial charge in [-0.15, -0.1) is 0 Å². The largest absolute Gasteiger partial charge is 0.289 e. The Balaban J connectivity index is 2.24. The molecule has 0 bridgehead atoms. The van der Waals surface area contributed by atoms with Crippen LogP contribution >= 0.6 is 0 Å². The first kappa shape index (κ1) is 8.42. The molecule has 13 heavy (non-hydrogen) atoms. The van der Waals surface area contributed by atoms with Crippen LogP contribution in [0.25, 0.3) is 0 Å². The SMILES string of the molecule is Cc1ccc(C2=NCCCC2)cn1. The Hall–Kier alpha value is -1.18. The van der Waals surface area contributed by atoms with Crippen molar-refractivity contribution in [2.45, 2.75) is 26.2 Å². The number of hydrogen-bond acceptors (Lipinski definition) is 2. The first-order chi connectivity index (χ1) is 6.36. The molecule has 68 valence electrons. The topological polar surface area (TPSA) is 25.2 Å². The maximum atomic E-state index is 4.51. The lowest BCUT2D eigenvalue weighted by Gasteiger charge is -2.11. The molecule has 0 fully saturated rings. The summed E-state index contributed by atoms with van der Waals surface area (Å²) >= 11 is 0. The number of pyridine rings is 1. The number of nitrogens with zero attached hydrogens (tertiary/aromatic N) is 2. The normalized spacial score (nSPS) is 16.8. The fraction of sp³-hybridized carbons (Fsp3) is 0.455. The average molecular weight is 174 g/mol. The second kappa shape index (κ2) is 3.69. The van der Waals surface area contributed by atoms with Gasteiger partial charge in [-0.3, -0.25) is 9.98 Å². The number of aromatic nitrogens is 1. The van der Waals surface area contributed by atoms with E-state index < -0.39 is 0 Å². The van der Waals surface area contributed by atoms with E-state index in [0.717, 1.165) is 18.7 Å². The average Bonchev–Trinajstić information content (AvgIpc) is 2.20. The molecule has 0 N–H and O–H groups in total. The van der Waals surface area contributed by atoms with Gasteiger partial charge in [0, 0.05) is 29.7 Å². The lowest BCUT2D eigenvalue weighted by molar-refractivity contribution is 0.738. The van der Waals surface area contributed by atoms with E-state index >= 15 is 0 Å². The fourth-order valence-corrected chi connectivity index (χ4v) is 1.57. The van der Waals surface area contributed by atoms with Crippen LogP contribution in [0.3, 0.4) is 0 Å². The van der Waals surface area contributed by atoms with E-state index in [-0.39, 0.29) is 0 Å². The smallest absolute Gasteiger partial charge is 0.0436 e. The first-order valence-electron chi connectivity index (χ1n) is 4.82.